The summed E-state index contributed by atoms with van der Waals surface area (Å²) in [6.07, 6.45) is 5.07. The molecule has 0 unspecified atom stereocenters. The molecule has 20 heavy (non-hydrogen) atoms. The molecule has 3 rings (SSSR count). The normalized spacial score (nSPS) is 19.4. The number of hydrogen-bond donors (Lipinski definition) is 1. The Bertz CT molecular complexity index is 442. The molecule has 1 saturated heterocycles. The monoisotopic (exact) mass is 278 g/mol. The highest BCUT2D eigenvalue weighted by Crippen LogP contribution is 2.23. The molecule has 1 aliphatic carbocycles. The molecular weight excluding hydrogens is 255 g/mol. The van der Waals surface area contributed by atoms with Crippen molar-refractivity contribution in [2.24, 2.45) is 0 Å². The Labute approximate surface area is 120 Å². The van der Waals surface area contributed by atoms with Gasteiger partial charge in [-0.15, -0.1) is 0 Å². The fourth-order valence-electron chi connectivity index (χ4n) is 2.66. The number of rotatable bonds is 7. The zero-order valence-electron chi connectivity index (χ0n) is 11.9. The number of halogens is 1. The summed E-state index contributed by atoms with van der Waals surface area (Å²) in [6, 6.07) is 5.44. The van der Waals surface area contributed by atoms with E-state index in [2.05, 4.69) is 10.2 Å². The highest BCUT2D eigenvalue weighted by Gasteiger charge is 2.20. The third-order valence-corrected chi connectivity index (χ3v) is 4.04. The van der Waals surface area contributed by atoms with Crippen molar-refractivity contribution in [2.45, 2.75) is 38.3 Å². The summed E-state index contributed by atoms with van der Waals surface area (Å²) in [5, 5.41) is 3.41. The minimum atomic E-state index is -0.190. The molecule has 0 amide bonds. The van der Waals surface area contributed by atoms with E-state index in [4.69, 9.17) is 4.74 Å². The SMILES string of the molecule is Fc1ccc(OCCN2CCCC2)c(CNC2CC2)c1. The molecule has 0 atom stereocenters. The minimum absolute atomic E-state index is 0.190. The molecule has 2 aliphatic rings. The van der Waals surface area contributed by atoms with Crippen LogP contribution in [0.5, 0.6) is 5.75 Å². The fraction of sp³-hybridized carbons (Fsp3) is 0.625. The minimum Gasteiger partial charge on any atom is -0.492 e. The van der Waals surface area contributed by atoms with Gasteiger partial charge in [0.05, 0.1) is 0 Å². The summed E-state index contributed by atoms with van der Waals surface area (Å²) in [5.74, 6) is 0.628. The van der Waals surface area contributed by atoms with E-state index in [-0.39, 0.29) is 5.82 Å². The van der Waals surface area contributed by atoms with Crippen LogP contribution in [-0.4, -0.2) is 37.2 Å². The predicted molar refractivity (Wildman–Crippen MR) is 77.4 cm³/mol. The molecule has 1 aromatic rings. The molecule has 4 heteroatoms. The third kappa shape index (κ3) is 3.93. The standard InChI is InChI=1S/C16H23FN2O/c17-14-3-6-16(13(11-14)12-18-15-4-5-15)20-10-9-19-7-1-2-8-19/h3,6,11,15,18H,1-2,4-5,7-10,12H2. The van der Waals surface area contributed by atoms with Gasteiger partial charge in [-0.05, 0) is 57.0 Å². The Kier molecular flexibility index (Phi) is 4.53. The second-order valence-electron chi connectivity index (χ2n) is 5.80. The van der Waals surface area contributed by atoms with Crippen LogP contribution in [0.4, 0.5) is 4.39 Å². The maximum absolute atomic E-state index is 13.4. The molecule has 3 nitrogen and oxygen atoms in total. The second-order valence-corrected chi connectivity index (χ2v) is 5.80. The average Bonchev–Trinajstić information content (AvgIpc) is 3.13. The Morgan fingerprint density at radius 3 is 2.80 bits per heavy atom. The molecule has 0 radical (unpaired) electrons. The van der Waals surface area contributed by atoms with Crippen molar-refractivity contribution in [2.75, 3.05) is 26.2 Å². The summed E-state index contributed by atoms with van der Waals surface area (Å²) >= 11 is 0. The summed E-state index contributed by atoms with van der Waals surface area (Å²) in [7, 11) is 0. The first kappa shape index (κ1) is 13.8. The molecule has 1 aliphatic heterocycles. The van der Waals surface area contributed by atoms with E-state index in [9.17, 15) is 4.39 Å². The maximum Gasteiger partial charge on any atom is 0.124 e. The molecule has 0 aromatic heterocycles. The van der Waals surface area contributed by atoms with Gasteiger partial charge in [-0.2, -0.15) is 0 Å². The highest BCUT2D eigenvalue weighted by atomic mass is 19.1. The molecule has 2 fully saturated rings. The van der Waals surface area contributed by atoms with Gasteiger partial charge in [0.15, 0.2) is 0 Å². The predicted octanol–water partition coefficient (Wildman–Crippen LogP) is 2.55. The van der Waals surface area contributed by atoms with E-state index in [0.29, 0.717) is 19.2 Å². The van der Waals surface area contributed by atoms with E-state index in [1.807, 2.05) is 0 Å². The van der Waals surface area contributed by atoms with Crippen molar-refractivity contribution < 1.29 is 9.13 Å². The van der Waals surface area contributed by atoms with E-state index in [1.165, 1.54) is 44.8 Å². The molecule has 1 saturated carbocycles. The maximum atomic E-state index is 13.4. The van der Waals surface area contributed by atoms with E-state index in [0.717, 1.165) is 17.9 Å². The number of ether oxygens (including phenoxy) is 1. The number of nitrogens with zero attached hydrogens (tertiary/aromatic N) is 1. The van der Waals surface area contributed by atoms with Crippen LogP contribution < -0.4 is 10.1 Å². The average molecular weight is 278 g/mol. The highest BCUT2D eigenvalue weighted by molar-refractivity contribution is 5.34. The van der Waals surface area contributed by atoms with E-state index < -0.39 is 0 Å². The van der Waals surface area contributed by atoms with Gasteiger partial charge in [0.25, 0.3) is 0 Å². The number of likely N-dealkylation sites (tertiary alicyclic amines) is 1. The lowest BCUT2D eigenvalue weighted by atomic mass is 10.2. The van der Waals surface area contributed by atoms with Crippen LogP contribution in [0, 0.1) is 5.82 Å². The lowest BCUT2D eigenvalue weighted by Gasteiger charge is -2.17. The number of hydrogen-bond acceptors (Lipinski definition) is 3. The lowest BCUT2D eigenvalue weighted by molar-refractivity contribution is 0.236. The first-order valence-corrected chi connectivity index (χ1v) is 7.68. The summed E-state index contributed by atoms with van der Waals surface area (Å²) in [5.41, 5.74) is 0.929. The third-order valence-electron chi connectivity index (χ3n) is 4.04. The molecule has 110 valence electrons. The van der Waals surface area contributed by atoms with Gasteiger partial charge in [0, 0.05) is 24.7 Å². The van der Waals surface area contributed by atoms with Crippen molar-refractivity contribution in [1.82, 2.24) is 10.2 Å². The molecule has 1 aromatic carbocycles. The summed E-state index contributed by atoms with van der Waals surface area (Å²) < 4.78 is 19.2. The van der Waals surface area contributed by atoms with Gasteiger partial charge in [-0.25, -0.2) is 4.39 Å². The quantitative estimate of drug-likeness (QED) is 0.829. The second kappa shape index (κ2) is 6.55. The lowest BCUT2D eigenvalue weighted by Crippen LogP contribution is -2.25. The topological polar surface area (TPSA) is 24.5 Å². The van der Waals surface area contributed by atoms with Crippen LogP contribution in [0.15, 0.2) is 18.2 Å². The van der Waals surface area contributed by atoms with E-state index >= 15 is 0 Å². The zero-order chi connectivity index (χ0) is 13.8. The van der Waals surface area contributed by atoms with Crippen molar-refractivity contribution in [3.8, 4) is 5.75 Å². The number of benzene rings is 1. The van der Waals surface area contributed by atoms with Crippen LogP contribution in [0.1, 0.15) is 31.2 Å². The van der Waals surface area contributed by atoms with Gasteiger partial charge in [0.1, 0.15) is 18.2 Å². The van der Waals surface area contributed by atoms with Crippen molar-refractivity contribution in [3.63, 3.8) is 0 Å². The van der Waals surface area contributed by atoms with E-state index in [1.54, 1.807) is 12.1 Å². The van der Waals surface area contributed by atoms with Crippen LogP contribution in [0.25, 0.3) is 0 Å². The smallest absolute Gasteiger partial charge is 0.124 e. The van der Waals surface area contributed by atoms with Crippen molar-refractivity contribution >= 4 is 0 Å². The summed E-state index contributed by atoms with van der Waals surface area (Å²) in [6.45, 7) is 4.71. The van der Waals surface area contributed by atoms with Crippen molar-refractivity contribution in [3.05, 3.63) is 29.6 Å². The molecule has 1 heterocycles. The van der Waals surface area contributed by atoms with Crippen molar-refractivity contribution in [1.29, 1.82) is 0 Å². The molecule has 0 spiro atoms. The molecule has 1 N–H and O–H groups in total. The molecular formula is C16H23FN2O. The first-order valence-electron chi connectivity index (χ1n) is 7.68. The number of nitrogens with one attached hydrogen (secondary N) is 1. The van der Waals surface area contributed by atoms with Gasteiger partial charge >= 0.3 is 0 Å². The fourth-order valence-corrected chi connectivity index (χ4v) is 2.66. The Morgan fingerprint density at radius 1 is 1.25 bits per heavy atom. The Balaban J connectivity index is 1.52. The first-order chi connectivity index (χ1) is 9.81. The Hall–Kier alpha value is -1.13. The van der Waals surface area contributed by atoms with Crippen LogP contribution in [0.3, 0.4) is 0 Å². The van der Waals surface area contributed by atoms with Crippen LogP contribution in [-0.2, 0) is 6.54 Å². The summed E-state index contributed by atoms with van der Waals surface area (Å²) in [4.78, 5) is 2.42. The Morgan fingerprint density at radius 2 is 2.05 bits per heavy atom. The van der Waals surface area contributed by atoms with Gasteiger partial charge in [-0.3, -0.25) is 4.90 Å². The zero-order valence-corrected chi connectivity index (χ0v) is 11.9. The largest absolute Gasteiger partial charge is 0.492 e. The molecule has 0 bridgehead atoms. The van der Waals surface area contributed by atoms with Crippen LogP contribution in [0.2, 0.25) is 0 Å². The van der Waals surface area contributed by atoms with Gasteiger partial charge < -0.3 is 10.1 Å². The van der Waals surface area contributed by atoms with Gasteiger partial charge in [0.2, 0.25) is 0 Å². The van der Waals surface area contributed by atoms with Crippen LogP contribution >= 0.6 is 0 Å². The van der Waals surface area contributed by atoms with Gasteiger partial charge in [-0.1, -0.05) is 0 Å².